The van der Waals surface area contributed by atoms with Crippen LogP contribution in [0.25, 0.3) is 0 Å². The molecule has 2 nitrogen and oxygen atoms in total. The molecular weight excluding hydrogens is 176 g/mol. The number of carbonyl (C=O) groups excluding carboxylic acids is 1. The first-order valence-corrected chi connectivity index (χ1v) is 4.87. The lowest BCUT2D eigenvalue weighted by molar-refractivity contribution is -0.107. The zero-order chi connectivity index (χ0) is 10.4. The van der Waals surface area contributed by atoms with Crippen LogP contribution in [0.4, 0.5) is 0 Å². The van der Waals surface area contributed by atoms with Crippen LogP contribution < -0.4 is 4.74 Å². The quantitative estimate of drug-likeness (QED) is 0.670. The van der Waals surface area contributed by atoms with E-state index in [1.165, 1.54) is 0 Å². The van der Waals surface area contributed by atoms with Crippen LogP contribution in [-0.2, 0) is 11.2 Å². The molecule has 0 N–H and O–H groups in total. The Kier molecular flexibility index (Phi) is 4.17. The van der Waals surface area contributed by atoms with Crippen LogP contribution in [0, 0.1) is 5.92 Å². The lowest BCUT2D eigenvalue weighted by Gasteiger charge is -2.08. The van der Waals surface area contributed by atoms with E-state index in [1.54, 1.807) is 0 Å². The van der Waals surface area contributed by atoms with Crippen molar-refractivity contribution < 1.29 is 9.53 Å². The number of carbonyl (C=O) groups is 1. The monoisotopic (exact) mass is 192 g/mol. The van der Waals surface area contributed by atoms with Crippen molar-refractivity contribution in [3.8, 4) is 5.75 Å². The molecular formula is C12H16O2. The van der Waals surface area contributed by atoms with Gasteiger partial charge in [0.15, 0.2) is 0 Å². The van der Waals surface area contributed by atoms with Crippen molar-refractivity contribution in [2.45, 2.75) is 20.3 Å². The van der Waals surface area contributed by atoms with Crippen molar-refractivity contribution in [3.63, 3.8) is 0 Å². The van der Waals surface area contributed by atoms with Crippen molar-refractivity contribution in [3.05, 3.63) is 29.8 Å². The average molecular weight is 192 g/mol. The molecule has 0 aliphatic rings. The Bertz CT molecular complexity index is 275. The van der Waals surface area contributed by atoms with Crippen LogP contribution in [0.1, 0.15) is 19.4 Å². The third-order valence-corrected chi connectivity index (χ3v) is 1.83. The molecule has 1 rings (SSSR count). The molecule has 0 aliphatic heterocycles. The average Bonchev–Trinajstić information content (AvgIpc) is 2.17. The number of ether oxygens (including phenoxy) is 1. The minimum absolute atomic E-state index is 0.477. The van der Waals surface area contributed by atoms with Crippen LogP contribution in [0.2, 0.25) is 0 Å². The van der Waals surface area contributed by atoms with Crippen molar-refractivity contribution in [2.75, 3.05) is 6.61 Å². The second-order valence-corrected chi connectivity index (χ2v) is 3.72. The molecule has 0 fully saturated rings. The highest BCUT2D eigenvalue weighted by Crippen LogP contribution is 2.13. The second-order valence-electron chi connectivity index (χ2n) is 3.72. The van der Waals surface area contributed by atoms with Gasteiger partial charge in [-0.15, -0.1) is 0 Å². The first kappa shape index (κ1) is 10.8. The summed E-state index contributed by atoms with van der Waals surface area (Å²) in [7, 11) is 0. The van der Waals surface area contributed by atoms with Gasteiger partial charge in [-0.2, -0.15) is 0 Å². The Labute approximate surface area is 84.9 Å². The number of hydrogen-bond donors (Lipinski definition) is 0. The van der Waals surface area contributed by atoms with Crippen molar-refractivity contribution in [1.82, 2.24) is 0 Å². The maximum Gasteiger partial charge on any atom is 0.124 e. The molecule has 0 aromatic heterocycles. The van der Waals surface area contributed by atoms with Crippen molar-refractivity contribution in [1.29, 1.82) is 0 Å². The molecule has 0 saturated heterocycles. The molecule has 76 valence electrons. The van der Waals surface area contributed by atoms with E-state index in [0.29, 0.717) is 12.3 Å². The Morgan fingerprint density at radius 2 is 1.93 bits per heavy atom. The Balaban J connectivity index is 2.50. The Morgan fingerprint density at radius 3 is 2.43 bits per heavy atom. The molecule has 14 heavy (non-hydrogen) atoms. The fourth-order valence-electron chi connectivity index (χ4n) is 1.08. The van der Waals surface area contributed by atoms with Gasteiger partial charge in [-0.3, -0.25) is 0 Å². The van der Waals surface area contributed by atoms with Gasteiger partial charge < -0.3 is 9.53 Å². The summed E-state index contributed by atoms with van der Waals surface area (Å²) in [6, 6.07) is 7.65. The van der Waals surface area contributed by atoms with Gasteiger partial charge >= 0.3 is 0 Å². The van der Waals surface area contributed by atoms with Gasteiger partial charge in [-0.25, -0.2) is 0 Å². The smallest absolute Gasteiger partial charge is 0.124 e. The Hall–Kier alpha value is -1.31. The highest BCUT2D eigenvalue weighted by Gasteiger charge is 1.97. The summed E-state index contributed by atoms with van der Waals surface area (Å²) in [5.41, 5.74) is 1.02. The highest BCUT2D eigenvalue weighted by molar-refractivity contribution is 5.55. The first-order chi connectivity index (χ1) is 6.72. The van der Waals surface area contributed by atoms with Crippen molar-refractivity contribution in [2.24, 2.45) is 5.92 Å². The summed E-state index contributed by atoms with van der Waals surface area (Å²) < 4.78 is 5.51. The number of aldehydes is 1. The van der Waals surface area contributed by atoms with Gasteiger partial charge in [0, 0.05) is 6.42 Å². The maximum atomic E-state index is 10.2. The molecule has 0 unspecified atom stereocenters. The lowest BCUT2D eigenvalue weighted by atomic mass is 10.2. The molecule has 0 saturated carbocycles. The number of hydrogen-bond acceptors (Lipinski definition) is 2. The van der Waals surface area contributed by atoms with Gasteiger partial charge in [0.1, 0.15) is 12.0 Å². The summed E-state index contributed by atoms with van der Waals surface area (Å²) in [6.07, 6.45) is 1.38. The highest BCUT2D eigenvalue weighted by atomic mass is 16.5. The fraction of sp³-hybridized carbons (Fsp3) is 0.417. The molecule has 0 heterocycles. The predicted molar refractivity (Wildman–Crippen MR) is 56.5 cm³/mol. The zero-order valence-corrected chi connectivity index (χ0v) is 8.69. The Morgan fingerprint density at radius 1 is 1.29 bits per heavy atom. The molecule has 0 aliphatic carbocycles. The van der Waals surface area contributed by atoms with E-state index < -0.39 is 0 Å². The summed E-state index contributed by atoms with van der Waals surface area (Å²) in [6.45, 7) is 4.95. The second kappa shape index (κ2) is 5.43. The third kappa shape index (κ3) is 3.60. The van der Waals surface area contributed by atoms with Crippen molar-refractivity contribution >= 4 is 6.29 Å². The van der Waals surface area contributed by atoms with Crippen LogP contribution in [-0.4, -0.2) is 12.9 Å². The standard InChI is InChI=1S/C12H16O2/c1-10(2)9-14-12-5-3-11(4-6-12)7-8-13/h3-6,8,10H,7,9H2,1-2H3. The topological polar surface area (TPSA) is 26.3 Å². The molecule has 0 atom stereocenters. The van der Waals surface area contributed by atoms with Crippen LogP contribution in [0.15, 0.2) is 24.3 Å². The zero-order valence-electron chi connectivity index (χ0n) is 8.69. The third-order valence-electron chi connectivity index (χ3n) is 1.83. The fourth-order valence-corrected chi connectivity index (χ4v) is 1.08. The van der Waals surface area contributed by atoms with Crippen LogP contribution in [0.5, 0.6) is 5.75 Å². The first-order valence-electron chi connectivity index (χ1n) is 4.87. The van der Waals surface area contributed by atoms with E-state index in [0.717, 1.165) is 24.2 Å². The van der Waals surface area contributed by atoms with Crippen LogP contribution in [0.3, 0.4) is 0 Å². The van der Waals surface area contributed by atoms with E-state index in [-0.39, 0.29) is 0 Å². The van der Waals surface area contributed by atoms with Gasteiger partial charge in [0.2, 0.25) is 0 Å². The maximum absolute atomic E-state index is 10.2. The molecule has 0 bridgehead atoms. The number of benzene rings is 1. The van der Waals surface area contributed by atoms with E-state index in [1.807, 2.05) is 24.3 Å². The molecule has 1 aromatic rings. The van der Waals surface area contributed by atoms with Gasteiger partial charge in [-0.1, -0.05) is 26.0 Å². The molecule has 0 amide bonds. The van der Waals surface area contributed by atoms with Gasteiger partial charge in [-0.05, 0) is 23.6 Å². The minimum Gasteiger partial charge on any atom is -0.493 e. The van der Waals surface area contributed by atoms with Gasteiger partial charge in [0.05, 0.1) is 6.61 Å². The van der Waals surface area contributed by atoms with Gasteiger partial charge in [0.25, 0.3) is 0 Å². The minimum atomic E-state index is 0.477. The van der Waals surface area contributed by atoms with Crippen LogP contribution >= 0.6 is 0 Å². The van der Waals surface area contributed by atoms with E-state index in [2.05, 4.69) is 13.8 Å². The van der Waals surface area contributed by atoms with E-state index in [9.17, 15) is 4.79 Å². The summed E-state index contributed by atoms with van der Waals surface area (Å²) in [4.78, 5) is 10.2. The summed E-state index contributed by atoms with van der Waals surface area (Å²) in [5, 5.41) is 0. The van der Waals surface area contributed by atoms with E-state index in [4.69, 9.17) is 4.74 Å². The van der Waals surface area contributed by atoms with E-state index >= 15 is 0 Å². The largest absolute Gasteiger partial charge is 0.493 e. The predicted octanol–water partition coefficient (Wildman–Crippen LogP) is 2.46. The molecule has 0 spiro atoms. The summed E-state index contributed by atoms with van der Waals surface area (Å²) >= 11 is 0. The molecule has 1 aromatic carbocycles. The summed E-state index contributed by atoms with van der Waals surface area (Å²) in [5.74, 6) is 1.40. The number of rotatable bonds is 5. The molecule has 2 heteroatoms. The molecule has 0 radical (unpaired) electrons. The normalized spacial score (nSPS) is 10.2. The SMILES string of the molecule is CC(C)COc1ccc(CC=O)cc1. The lowest BCUT2D eigenvalue weighted by Crippen LogP contribution is -2.04.